The number of esters is 3. The monoisotopic (exact) mass is 322 g/mol. The van der Waals surface area contributed by atoms with Crippen LogP contribution in [0.25, 0.3) is 0 Å². The fourth-order valence-electron chi connectivity index (χ4n) is 1.40. The SMILES string of the molecule is COC(=O)[C@@H]1[Se][C@@H](OC(C)=O)C=C[C@H]1OC(C)=O. The second-order valence-corrected chi connectivity index (χ2v) is 6.13. The Morgan fingerprint density at radius 3 is 2.17 bits per heavy atom. The van der Waals surface area contributed by atoms with Crippen molar-refractivity contribution in [2.75, 3.05) is 7.11 Å². The Morgan fingerprint density at radius 1 is 1.06 bits per heavy atom. The summed E-state index contributed by atoms with van der Waals surface area (Å²) in [5.41, 5.74) is 0. The summed E-state index contributed by atoms with van der Waals surface area (Å²) >= 11 is -0.381. The van der Waals surface area contributed by atoms with Gasteiger partial charge in [0, 0.05) is 0 Å². The molecule has 1 rings (SSSR count). The van der Waals surface area contributed by atoms with E-state index < -0.39 is 33.8 Å². The topological polar surface area (TPSA) is 78.9 Å². The van der Waals surface area contributed by atoms with E-state index >= 15 is 0 Å². The minimum absolute atomic E-state index is 0.381. The molecule has 6 nitrogen and oxygen atoms in total. The molecule has 0 N–H and O–H groups in total. The Bertz CT molecular complexity index is 378. The molecule has 0 amide bonds. The molecular formula is C11H14O6Se. The average Bonchev–Trinajstić information content (AvgIpc) is 2.28. The molecule has 100 valence electrons. The van der Waals surface area contributed by atoms with E-state index in [9.17, 15) is 14.4 Å². The van der Waals surface area contributed by atoms with Crippen molar-refractivity contribution in [2.45, 2.75) is 29.8 Å². The van der Waals surface area contributed by atoms with Crippen molar-refractivity contribution in [1.82, 2.24) is 0 Å². The first kappa shape index (κ1) is 14.7. The summed E-state index contributed by atoms with van der Waals surface area (Å²) in [4.78, 5) is 32.8. The second kappa shape index (κ2) is 6.56. The van der Waals surface area contributed by atoms with Crippen LogP contribution in [0.4, 0.5) is 0 Å². The summed E-state index contributed by atoms with van der Waals surface area (Å²) in [6.07, 6.45) is 2.54. The van der Waals surface area contributed by atoms with E-state index in [1.807, 2.05) is 0 Å². The van der Waals surface area contributed by atoms with Crippen LogP contribution < -0.4 is 0 Å². The van der Waals surface area contributed by atoms with Crippen molar-refractivity contribution in [3.63, 3.8) is 0 Å². The Hall–Kier alpha value is -1.33. The molecule has 1 aliphatic rings. The van der Waals surface area contributed by atoms with Gasteiger partial charge in [-0.1, -0.05) is 0 Å². The summed E-state index contributed by atoms with van der Waals surface area (Å²) in [7, 11) is 1.27. The number of ether oxygens (including phenoxy) is 3. The van der Waals surface area contributed by atoms with Crippen molar-refractivity contribution in [1.29, 1.82) is 0 Å². The van der Waals surface area contributed by atoms with Gasteiger partial charge in [-0.15, -0.1) is 0 Å². The molecular weight excluding hydrogens is 307 g/mol. The van der Waals surface area contributed by atoms with Crippen LogP contribution in [0, 0.1) is 0 Å². The fourth-order valence-corrected chi connectivity index (χ4v) is 3.85. The zero-order valence-corrected chi connectivity index (χ0v) is 12.0. The van der Waals surface area contributed by atoms with E-state index in [2.05, 4.69) is 4.74 Å². The molecule has 0 unspecified atom stereocenters. The van der Waals surface area contributed by atoms with Crippen molar-refractivity contribution in [3.05, 3.63) is 12.2 Å². The molecule has 0 aromatic rings. The Morgan fingerprint density at radius 2 is 1.67 bits per heavy atom. The van der Waals surface area contributed by atoms with Crippen LogP contribution in [0.3, 0.4) is 0 Å². The Kier molecular flexibility index (Phi) is 5.37. The molecule has 0 saturated carbocycles. The summed E-state index contributed by atoms with van der Waals surface area (Å²) in [6.45, 7) is 2.57. The molecule has 1 aliphatic heterocycles. The first-order chi connectivity index (χ1) is 8.43. The van der Waals surface area contributed by atoms with Gasteiger partial charge in [-0.05, 0) is 0 Å². The number of hydrogen-bond acceptors (Lipinski definition) is 6. The van der Waals surface area contributed by atoms with Gasteiger partial charge in [-0.25, -0.2) is 0 Å². The standard InChI is InChI=1S/C11H14O6Se/c1-6(12)16-8-4-5-9(17-7(2)13)18-10(8)11(14)15-3/h4-5,8-10H,1-3H3/t8-,9-,10-/m1/s1. The molecule has 0 aliphatic carbocycles. The van der Waals surface area contributed by atoms with Gasteiger partial charge < -0.3 is 0 Å². The molecule has 0 saturated heterocycles. The van der Waals surface area contributed by atoms with Gasteiger partial charge in [0.15, 0.2) is 0 Å². The van der Waals surface area contributed by atoms with Crippen LogP contribution in [-0.4, -0.2) is 51.1 Å². The van der Waals surface area contributed by atoms with Gasteiger partial charge in [-0.3, -0.25) is 0 Å². The molecule has 7 heteroatoms. The predicted octanol–water partition coefficient (Wildman–Crippen LogP) is 0.0428. The van der Waals surface area contributed by atoms with E-state index in [1.165, 1.54) is 21.0 Å². The molecule has 1 heterocycles. The quantitative estimate of drug-likeness (QED) is 0.316. The zero-order chi connectivity index (χ0) is 13.7. The molecule has 0 radical (unpaired) electrons. The molecule has 3 atom stereocenters. The van der Waals surface area contributed by atoms with E-state index in [1.54, 1.807) is 12.2 Å². The van der Waals surface area contributed by atoms with E-state index in [0.29, 0.717) is 0 Å². The van der Waals surface area contributed by atoms with Gasteiger partial charge in [0.2, 0.25) is 0 Å². The van der Waals surface area contributed by atoms with Gasteiger partial charge >= 0.3 is 110 Å². The number of carbonyl (C=O) groups excluding carboxylic acids is 3. The third-order valence-corrected chi connectivity index (χ3v) is 4.73. The van der Waals surface area contributed by atoms with Gasteiger partial charge in [0.1, 0.15) is 0 Å². The molecule has 0 bridgehead atoms. The molecule has 0 fully saturated rings. The van der Waals surface area contributed by atoms with Gasteiger partial charge in [0.05, 0.1) is 0 Å². The third-order valence-electron chi connectivity index (χ3n) is 2.05. The van der Waals surface area contributed by atoms with Gasteiger partial charge in [0.25, 0.3) is 0 Å². The summed E-state index contributed by atoms with van der Waals surface area (Å²) in [6, 6.07) is 0. The Balaban J connectivity index is 2.80. The zero-order valence-electron chi connectivity index (χ0n) is 10.2. The van der Waals surface area contributed by atoms with Crippen LogP contribution in [0.5, 0.6) is 0 Å². The molecule has 0 aromatic carbocycles. The first-order valence-electron chi connectivity index (χ1n) is 5.20. The summed E-state index contributed by atoms with van der Waals surface area (Å²) < 4.78 is 14.7. The van der Waals surface area contributed by atoms with Crippen molar-refractivity contribution >= 4 is 32.9 Å². The summed E-state index contributed by atoms with van der Waals surface area (Å²) in [5.74, 6) is -1.36. The van der Waals surface area contributed by atoms with Gasteiger partial charge in [-0.2, -0.15) is 0 Å². The van der Waals surface area contributed by atoms with E-state index in [4.69, 9.17) is 9.47 Å². The number of methoxy groups -OCH3 is 1. The molecule has 18 heavy (non-hydrogen) atoms. The second-order valence-electron chi connectivity index (χ2n) is 3.52. The third kappa shape index (κ3) is 4.16. The van der Waals surface area contributed by atoms with E-state index in [0.717, 1.165) is 0 Å². The Labute approximate surface area is 111 Å². The minimum atomic E-state index is -0.651. The number of hydrogen-bond donors (Lipinski definition) is 0. The predicted molar refractivity (Wildman–Crippen MR) is 61.8 cm³/mol. The van der Waals surface area contributed by atoms with Crippen molar-refractivity contribution in [2.24, 2.45) is 0 Å². The summed E-state index contributed by atoms with van der Waals surface area (Å²) in [5, 5.41) is -0.439. The number of carbonyl (C=O) groups is 3. The maximum atomic E-state index is 11.6. The number of rotatable bonds is 3. The van der Waals surface area contributed by atoms with Crippen LogP contribution in [0.15, 0.2) is 12.2 Å². The maximum absolute atomic E-state index is 11.6. The normalized spacial score (nSPS) is 26.3. The average molecular weight is 321 g/mol. The fraction of sp³-hybridized carbons (Fsp3) is 0.545. The van der Waals surface area contributed by atoms with Crippen molar-refractivity contribution in [3.8, 4) is 0 Å². The molecule has 0 aromatic heterocycles. The van der Waals surface area contributed by atoms with Crippen LogP contribution in [0.2, 0.25) is 4.82 Å². The van der Waals surface area contributed by atoms with Crippen LogP contribution in [-0.2, 0) is 28.6 Å². The first-order valence-corrected chi connectivity index (χ1v) is 7.18. The van der Waals surface area contributed by atoms with Crippen LogP contribution >= 0.6 is 0 Å². The van der Waals surface area contributed by atoms with Crippen LogP contribution in [0.1, 0.15) is 13.8 Å². The molecule has 0 spiro atoms. The van der Waals surface area contributed by atoms with E-state index in [-0.39, 0.29) is 15.0 Å². The van der Waals surface area contributed by atoms with Crippen molar-refractivity contribution < 1.29 is 28.6 Å².